The number of benzene rings is 3. The quantitative estimate of drug-likeness (QED) is 0.317. The van der Waals surface area contributed by atoms with Gasteiger partial charge in [-0.15, -0.1) is 0 Å². The number of aromatic carboxylic acids is 1. The van der Waals surface area contributed by atoms with Crippen molar-refractivity contribution in [2.24, 2.45) is 0 Å². The van der Waals surface area contributed by atoms with Crippen LogP contribution in [0.3, 0.4) is 0 Å². The highest BCUT2D eigenvalue weighted by Gasteiger charge is 2.16. The van der Waals surface area contributed by atoms with Crippen molar-refractivity contribution >= 4 is 29.2 Å². The standard InChI is InChI=1S/C28H27N5O3/c1-17-22(24-29-16-30-27(33-24)31-21-14-10-19(11-15-21)26(35)36)6-5-7-23(17)32-25(34)18-8-12-20(13-9-18)28(2,3)4/h5-16H,1-4H3,(H,32,34)(H,35,36)(H,29,30,31,33). The van der Waals surface area contributed by atoms with Gasteiger partial charge in [0.1, 0.15) is 6.33 Å². The summed E-state index contributed by atoms with van der Waals surface area (Å²) in [6.45, 7) is 8.30. The van der Waals surface area contributed by atoms with Crippen LogP contribution in [0.15, 0.2) is 73.1 Å². The van der Waals surface area contributed by atoms with Crippen LogP contribution in [0, 0.1) is 6.92 Å². The fraction of sp³-hybridized carbons (Fsp3) is 0.179. The van der Waals surface area contributed by atoms with Crippen molar-refractivity contribution in [3.05, 3.63) is 95.3 Å². The Labute approximate surface area is 209 Å². The Morgan fingerprint density at radius 1 is 0.861 bits per heavy atom. The van der Waals surface area contributed by atoms with Gasteiger partial charge in [-0.2, -0.15) is 4.98 Å². The van der Waals surface area contributed by atoms with Crippen LogP contribution in [0.25, 0.3) is 11.4 Å². The molecule has 0 saturated heterocycles. The van der Waals surface area contributed by atoms with Crippen molar-refractivity contribution in [3.8, 4) is 11.4 Å². The number of hydrogen-bond donors (Lipinski definition) is 3. The zero-order valence-corrected chi connectivity index (χ0v) is 20.5. The molecule has 1 heterocycles. The molecule has 0 bridgehead atoms. The first-order chi connectivity index (χ1) is 17.1. The van der Waals surface area contributed by atoms with Crippen LogP contribution >= 0.6 is 0 Å². The SMILES string of the molecule is Cc1c(NC(=O)c2ccc(C(C)(C)C)cc2)cccc1-c1ncnc(Nc2ccc(C(=O)O)cc2)n1. The first-order valence-corrected chi connectivity index (χ1v) is 11.4. The van der Waals surface area contributed by atoms with Crippen LogP contribution in [0.4, 0.5) is 17.3 Å². The molecule has 1 amide bonds. The molecule has 8 nitrogen and oxygen atoms in total. The van der Waals surface area contributed by atoms with E-state index in [0.29, 0.717) is 28.7 Å². The van der Waals surface area contributed by atoms with Gasteiger partial charge >= 0.3 is 5.97 Å². The third-order valence-electron chi connectivity index (χ3n) is 5.80. The lowest BCUT2D eigenvalue weighted by Crippen LogP contribution is -2.15. The van der Waals surface area contributed by atoms with E-state index in [1.165, 1.54) is 18.5 Å². The molecule has 4 rings (SSSR count). The number of nitrogens with zero attached hydrogens (tertiary/aromatic N) is 3. The van der Waals surface area contributed by atoms with E-state index in [1.807, 2.05) is 49.4 Å². The summed E-state index contributed by atoms with van der Waals surface area (Å²) in [7, 11) is 0. The van der Waals surface area contributed by atoms with Gasteiger partial charge in [-0.25, -0.2) is 14.8 Å². The van der Waals surface area contributed by atoms with E-state index >= 15 is 0 Å². The first-order valence-electron chi connectivity index (χ1n) is 11.4. The summed E-state index contributed by atoms with van der Waals surface area (Å²) in [5, 5.41) is 15.1. The van der Waals surface area contributed by atoms with Crippen molar-refractivity contribution in [1.29, 1.82) is 0 Å². The molecule has 182 valence electrons. The van der Waals surface area contributed by atoms with Gasteiger partial charge in [0.05, 0.1) is 5.56 Å². The monoisotopic (exact) mass is 481 g/mol. The van der Waals surface area contributed by atoms with Crippen molar-refractivity contribution in [2.45, 2.75) is 33.1 Å². The number of carboxylic acids is 1. The summed E-state index contributed by atoms with van der Waals surface area (Å²) < 4.78 is 0. The molecule has 8 heteroatoms. The number of aromatic nitrogens is 3. The van der Waals surface area contributed by atoms with Crippen molar-refractivity contribution in [2.75, 3.05) is 10.6 Å². The van der Waals surface area contributed by atoms with Gasteiger partial charge in [0.25, 0.3) is 5.91 Å². The Morgan fingerprint density at radius 2 is 1.53 bits per heavy atom. The van der Waals surface area contributed by atoms with Gasteiger partial charge in [0, 0.05) is 22.5 Å². The Hall–Kier alpha value is -4.59. The van der Waals surface area contributed by atoms with E-state index in [2.05, 4.69) is 46.4 Å². The molecule has 0 radical (unpaired) electrons. The topological polar surface area (TPSA) is 117 Å². The molecule has 4 aromatic rings. The molecule has 0 fully saturated rings. The van der Waals surface area contributed by atoms with Crippen LogP contribution in [-0.4, -0.2) is 31.9 Å². The second-order valence-electron chi connectivity index (χ2n) is 9.40. The molecule has 1 aromatic heterocycles. The summed E-state index contributed by atoms with van der Waals surface area (Å²) in [6.07, 6.45) is 1.40. The van der Waals surface area contributed by atoms with E-state index in [4.69, 9.17) is 5.11 Å². The van der Waals surface area contributed by atoms with Crippen LogP contribution in [0.2, 0.25) is 0 Å². The minimum atomic E-state index is -0.992. The van der Waals surface area contributed by atoms with Gasteiger partial charge in [-0.3, -0.25) is 4.79 Å². The third kappa shape index (κ3) is 5.55. The van der Waals surface area contributed by atoms with Crippen LogP contribution in [-0.2, 0) is 5.41 Å². The van der Waals surface area contributed by atoms with E-state index < -0.39 is 5.97 Å². The largest absolute Gasteiger partial charge is 0.478 e. The van der Waals surface area contributed by atoms with Gasteiger partial charge in [-0.1, -0.05) is 45.0 Å². The number of hydrogen-bond acceptors (Lipinski definition) is 6. The van der Waals surface area contributed by atoms with E-state index in [-0.39, 0.29) is 16.9 Å². The van der Waals surface area contributed by atoms with Gasteiger partial charge in [0.15, 0.2) is 5.82 Å². The number of carbonyl (C=O) groups is 2. The Morgan fingerprint density at radius 3 is 2.17 bits per heavy atom. The zero-order valence-electron chi connectivity index (χ0n) is 20.5. The maximum Gasteiger partial charge on any atom is 0.335 e. The second-order valence-corrected chi connectivity index (χ2v) is 9.40. The van der Waals surface area contributed by atoms with Gasteiger partial charge < -0.3 is 15.7 Å². The molecule has 0 atom stereocenters. The fourth-order valence-corrected chi connectivity index (χ4v) is 3.64. The second kappa shape index (κ2) is 9.95. The van der Waals surface area contributed by atoms with Crippen LogP contribution in [0.5, 0.6) is 0 Å². The van der Waals surface area contributed by atoms with Crippen molar-refractivity contribution in [3.63, 3.8) is 0 Å². The van der Waals surface area contributed by atoms with E-state index in [1.54, 1.807) is 12.1 Å². The van der Waals surface area contributed by atoms with Gasteiger partial charge in [0.2, 0.25) is 5.95 Å². The number of amides is 1. The van der Waals surface area contributed by atoms with E-state index in [0.717, 1.165) is 16.7 Å². The predicted octanol–water partition coefficient (Wildman–Crippen LogP) is 5.84. The zero-order chi connectivity index (χ0) is 25.9. The lowest BCUT2D eigenvalue weighted by Gasteiger charge is -2.19. The summed E-state index contributed by atoms with van der Waals surface area (Å²) >= 11 is 0. The Kier molecular flexibility index (Phi) is 6.78. The number of anilines is 3. The molecular weight excluding hydrogens is 454 g/mol. The lowest BCUT2D eigenvalue weighted by molar-refractivity contribution is 0.0696. The Balaban J connectivity index is 1.53. The minimum Gasteiger partial charge on any atom is -0.478 e. The number of nitrogens with one attached hydrogen (secondary N) is 2. The normalized spacial score (nSPS) is 11.1. The molecule has 0 saturated carbocycles. The highest BCUT2D eigenvalue weighted by Crippen LogP contribution is 2.28. The minimum absolute atomic E-state index is 0.0140. The summed E-state index contributed by atoms with van der Waals surface area (Å²) in [6, 6.07) is 19.5. The van der Waals surface area contributed by atoms with Crippen LogP contribution in [0.1, 0.15) is 52.6 Å². The summed E-state index contributed by atoms with van der Waals surface area (Å²) in [5.41, 5.74) is 4.82. The number of carboxylic acid groups (broad SMARTS) is 1. The maximum absolute atomic E-state index is 12.9. The smallest absolute Gasteiger partial charge is 0.335 e. The average molecular weight is 482 g/mol. The highest BCUT2D eigenvalue weighted by molar-refractivity contribution is 6.05. The van der Waals surface area contributed by atoms with Crippen molar-refractivity contribution < 1.29 is 14.7 Å². The first kappa shape index (κ1) is 24.5. The van der Waals surface area contributed by atoms with E-state index in [9.17, 15) is 9.59 Å². The predicted molar refractivity (Wildman–Crippen MR) is 140 cm³/mol. The van der Waals surface area contributed by atoms with Crippen LogP contribution < -0.4 is 10.6 Å². The van der Waals surface area contributed by atoms with Crippen molar-refractivity contribution in [1.82, 2.24) is 15.0 Å². The fourth-order valence-electron chi connectivity index (χ4n) is 3.64. The molecule has 3 N–H and O–H groups in total. The summed E-state index contributed by atoms with van der Waals surface area (Å²) in [5.74, 6) is -0.430. The number of rotatable bonds is 6. The Bertz CT molecular complexity index is 1410. The lowest BCUT2D eigenvalue weighted by atomic mass is 9.86. The number of carbonyl (C=O) groups excluding carboxylic acids is 1. The third-order valence-corrected chi connectivity index (χ3v) is 5.80. The van der Waals surface area contributed by atoms with Gasteiger partial charge in [-0.05, 0) is 65.9 Å². The molecule has 0 aliphatic rings. The average Bonchev–Trinajstić information content (AvgIpc) is 2.85. The summed E-state index contributed by atoms with van der Waals surface area (Å²) in [4.78, 5) is 36.9. The molecule has 0 aliphatic heterocycles. The molecule has 36 heavy (non-hydrogen) atoms. The molecule has 0 unspecified atom stereocenters. The molecule has 0 spiro atoms. The maximum atomic E-state index is 12.9. The highest BCUT2D eigenvalue weighted by atomic mass is 16.4. The molecule has 0 aliphatic carbocycles. The molecular formula is C28H27N5O3. The molecule has 3 aromatic carbocycles.